The Bertz CT molecular complexity index is 1760. The maximum Gasteiger partial charge on any atom is -1.00 e. The largest absolute Gasteiger partial charge is 1.00 e. The third-order valence-corrected chi connectivity index (χ3v) is 16.9. The van der Waals surface area contributed by atoms with E-state index in [-0.39, 0.29) is 35.6 Å². The van der Waals surface area contributed by atoms with Crippen molar-refractivity contribution in [3.05, 3.63) is 139 Å². The van der Waals surface area contributed by atoms with Gasteiger partial charge < -0.3 is 24.8 Å². The second-order valence-electron chi connectivity index (χ2n) is 14.3. The van der Waals surface area contributed by atoms with Crippen molar-refractivity contribution < 1.29 is 46.1 Å². The summed E-state index contributed by atoms with van der Waals surface area (Å²) in [5, 5.41) is 0. The van der Waals surface area contributed by atoms with Crippen LogP contribution in [-0.2, 0) is 38.5 Å². The summed E-state index contributed by atoms with van der Waals surface area (Å²) in [6.07, 6.45) is 3.59. The van der Waals surface area contributed by atoms with E-state index < -0.39 is 21.3 Å². The first-order chi connectivity index (χ1) is 19.9. The smallest absolute Gasteiger partial charge is 1.00 e. The molecule has 0 heterocycles. The molecule has 0 saturated carbocycles. The summed E-state index contributed by atoms with van der Waals surface area (Å²) < 4.78 is 6.18. The van der Waals surface area contributed by atoms with Gasteiger partial charge in [0.25, 0.3) is 0 Å². The van der Waals surface area contributed by atoms with Crippen molar-refractivity contribution in [2.24, 2.45) is 5.92 Å². The van der Waals surface area contributed by atoms with Gasteiger partial charge in [0.1, 0.15) is 0 Å². The van der Waals surface area contributed by atoms with Crippen molar-refractivity contribution in [1.29, 1.82) is 0 Å². The maximum atomic E-state index is 2.74. The van der Waals surface area contributed by atoms with Crippen LogP contribution in [0.5, 0.6) is 0 Å². The van der Waals surface area contributed by atoms with Crippen molar-refractivity contribution in [1.82, 2.24) is 0 Å². The molecule has 2 aliphatic carbocycles. The van der Waals surface area contributed by atoms with Crippen LogP contribution in [0.15, 0.2) is 106 Å². The first-order valence-corrected chi connectivity index (χ1v) is 19.4. The molecule has 4 aromatic carbocycles. The SMILES string of the molecule is CC1=[C](/[Zr+2](=[CH]/c2ccccc2)[c]2c(C(C)(C)C)ccc3c2Cc2cc(C(C)(C)C)ccc2-3)C(C)C=C1c1ccccc1.[Cl-].[Cl-]. The van der Waals surface area contributed by atoms with Crippen LogP contribution in [0, 0.1) is 5.92 Å². The monoisotopic (exact) mass is 696 g/mol. The molecule has 0 bridgehead atoms. The number of allylic oxidation sites excluding steroid dienone is 4. The van der Waals surface area contributed by atoms with Gasteiger partial charge in [-0.3, -0.25) is 0 Å². The Morgan fingerprint density at radius 3 is 1.95 bits per heavy atom. The molecule has 0 aromatic heterocycles. The van der Waals surface area contributed by atoms with E-state index >= 15 is 0 Å². The third kappa shape index (κ3) is 6.49. The van der Waals surface area contributed by atoms with E-state index in [1.54, 1.807) is 17.7 Å². The molecular weight excluding hydrogens is 655 g/mol. The Balaban J connectivity index is 0.00000221. The zero-order chi connectivity index (χ0) is 29.8. The van der Waals surface area contributed by atoms with Crippen LogP contribution < -0.4 is 28.1 Å². The molecule has 6 rings (SSSR count). The average molecular weight is 699 g/mol. The van der Waals surface area contributed by atoms with Crippen molar-refractivity contribution in [2.75, 3.05) is 0 Å². The van der Waals surface area contributed by atoms with Gasteiger partial charge in [0.2, 0.25) is 0 Å². The molecule has 0 N–H and O–H groups in total. The molecule has 226 valence electrons. The van der Waals surface area contributed by atoms with E-state index in [1.807, 2.05) is 0 Å². The molecule has 0 saturated heterocycles. The van der Waals surface area contributed by atoms with Crippen molar-refractivity contribution in [3.63, 3.8) is 0 Å². The van der Waals surface area contributed by atoms with Crippen LogP contribution in [0.2, 0.25) is 0 Å². The normalized spacial score (nSPS) is 15.7. The number of benzene rings is 4. The number of rotatable bonds is 4. The van der Waals surface area contributed by atoms with Gasteiger partial charge in [-0.1, -0.05) is 0 Å². The third-order valence-electron chi connectivity index (χ3n) is 9.18. The molecule has 3 heteroatoms. The first kappa shape index (κ1) is 34.6. The van der Waals surface area contributed by atoms with Gasteiger partial charge in [-0.15, -0.1) is 0 Å². The number of fused-ring (bicyclic) bond motifs is 3. The topological polar surface area (TPSA) is 0 Å². The fraction of sp³-hybridized carbons (Fsp3) is 0.293. The molecule has 1 atom stereocenters. The van der Waals surface area contributed by atoms with Crippen molar-refractivity contribution in [3.8, 4) is 11.1 Å². The Hall–Kier alpha value is -2.31. The Morgan fingerprint density at radius 2 is 1.34 bits per heavy atom. The van der Waals surface area contributed by atoms with Crippen LogP contribution in [0.25, 0.3) is 16.7 Å². The number of hydrogen-bond donors (Lipinski definition) is 0. The van der Waals surface area contributed by atoms with Gasteiger partial charge in [0.15, 0.2) is 0 Å². The molecule has 0 aliphatic heterocycles. The standard InChI is InChI=1S/C21H25.C13H13.C7H6.2ClH.Zr/c1-20(2,3)16-7-9-18-14(12-16)11-15-13-17(21(4,5)6)8-10-19(15)18;1-10-8-11(2)13(9-10)12-6-4-3-5-7-12;1-7-5-3-2-4-6-7;;;/h7-10,12H,11H2,1-6H3;3-7,9-10H,1-2H3;1-6H;2*1H;/q;;;;;+2/p-2. The van der Waals surface area contributed by atoms with E-state index in [0.29, 0.717) is 5.92 Å². The minimum Gasteiger partial charge on any atom is -1.00 e. The molecule has 0 fully saturated rings. The minimum atomic E-state index is -2.63. The molecule has 4 aromatic rings. The summed E-state index contributed by atoms with van der Waals surface area (Å²) in [4.78, 5) is 0. The molecule has 44 heavy (non-hydrogen) atoms. The Kier molecular flexibility index (Phi) is 10.4. The van der Waals surface area contributed by atoms with Crippen molar-refractivity contribution in [2.45, 2.75) is 72.6 Å². The predicted molar refractivity (Wildman–Crippen MR) is 180 cm³/mol. The fourth-order valence-electron chi connectivity index (χ4n) is 7.00. The summed E-state index contributed by atoms with van der Waals surface area (Å²) in [7, 11) is 0. The van der Waals surface area contributed by atoms with E-state index in [1.165, 1.54) is 44.5 Å². The summed E-state index contributed by atoms with van der Waals surface area (Å²) in [5.74, 6) is 0.439. The van der Waals surface area contributed by atoms with Gasteiger partial charge in [0.05, 0.1) is 0 Å². The second-order valence-corrected chi connectivity index (χ2v) is 19.6. The summed E-state index contributed by atoms with van der Waals surface area (Å²) in [6.45, 7) is 19.1. The van der Waals surface area contributed by atoms with E-state index in [9.17, 15) is 0 Å². The predicted octanol–water partition coefficient (Wildman–Crippen LogP) is 3.96. The Labute approximate surface area is 285 Å². The molecule has 0 nitrogen and oxygen atoms in total. The van der Waals surface area contributed by atoms with Gasteiger partial charge in [-0.05, 0) is 0 Å². The first-order valence-electron chi connectivity index (χ1n) is 15.5. The molecule has 1 unspecified atom stereocenters. The van der Waals surface area contributed by atoms with E-state index in [4.69, 9.17) is 0 Å². The van der Waals surface area contributed by atoms with Crippen molar-refractivity contribution >= 4 is 12.6 Å². The number of hydrogen-bond acceptors (Lipinski definition) is 0. The van der Waals surface area contributed by atoms with Crippen LogP contribution in [0.1, 0.15) is 88.8 Å². The van der Waals surface area contributed by atoms with Gasteiger partial charge in [0, 0.05) is 0 Å². The second kappa shape index (κ2) is 13.2. The molecule has 0 radical (unpaired) electrons. The summed E-state index contributed by atoms with van der Waals surface area (Å²) >= 11 is -2.63. The zero-order valence-corrected chi connectivity index (χ0v) is 31.3. The van der Waals surface area contributed by atoms with Gasteiger partial charge in [-0.2, -0.15) is 0 Å². The minimum absolute atomic E-state index is 0. The Morgan fingerprint density at radius 1 is 0.727 bits per heavy atom. The van der Waals surface area contributed by atoms with Gasteiger partial charge in [-0.25, -0.2) is 0 Å². The summed E-state index contributed by atoms with van der Waals surface area (Å²) in [6, 6.07) is 34.4. The van der Waals surface area contributed by atoms with Gasteiger partial charge >= 0.3 is 263 Å². The van der Waals surface area contributed by atoms with Crippen LogP contribution in [0.3, 0.4) is 0 Å². The quantitative estimate of drug-likeness (QED) is 0.267. The summed E-state index contributed by atoms with van der Waals surface area (Å²) in [5.41, 5.74) is 14.9. The number of halogens is 2. The van der Waals surface area contributed by atoms with E-state index in [0.717, 1.165) is 6.42 Å². The van der Waals surface area contributed by atoms with Crippen LogP contribution in [0.4, 0.5) is 0 Å². The molecule has 0 spiro atoms. The fourth-order valence-corrected chi connectivity index (χ4v) is 15.6. The molecule has 0 amide bonds. The van der Waals surface area contributed by atoms with E-state index in [2.05, 4.69) is 156 Å². The van der Waals surface area contributed by atoms with Crippen LogP contribution >= 0.6 is 0 Å². The average Bonchev–Trinajstić information content (AvgIpc) is 3.47. The van der Waals surface area contributed by atoms with Crippen LogP contribution in [-0.4, -0.2) is 3.71 Å². The molecular formula is C41H44Cl2Zr. The maximum absolute atomic E-state index is 2.74. The molecule has 2 aliphatic rings. The zero-order valence-electron chi connectivity index (χ0n) is 27.4.